The summed E-state index contributed by atoms with van der Waals surface area (Å²) in [6.45, 7) is 4.16. The van der Waals surface area contributed by atoms with Gasteiger partial charge in [-0.3, -0.25) is 4.57 Å². The van der Waals surface area contributed by atoms with E-state index in [1.807, 2.05) is 0 Å². The van der Waals surface area contributed by atoms with Gasteiger partial charge in [-0.1, -0.05) is 13.8 Å². The van der Waals surface area contributed by atoms with Crippen molar-refractivity contribution in [2.45, 2.75) is 25.9 Å². The molecule has 0 heterocycles. The van der Waals surface area contributed by atoms with Gasteiger partial charge in [-0.05, 0) is 6.42 Å². The fourth-order valence-corrected chi connectivity index (χ4v) is 1.24. The largest absolute Gasteiger partial charge is 0.385 e. The van der Waals surface area contributed by atoms with Crippen LogP contribution >= 0.6 is 7.60 Å². The fourth-order valence-electron chi connectivity index (χ4n) is 0.548. The average molecular weight is 196 g/mol. The lowest BCUT2D eigenvalue weighted by molar-refractivity contribution is 0.165. The van der Waals surface area contributed by atoms with Crippen LogP contribution in [-0.2, 0) is 13.8 Å². The molecule has 0 spiro atoms. The first kappa shape index (κ1) is 12.1. The fraction of sp³-hybridized carbons (Fsp3) is 1.00. The van der Waals surface area contributed by atoms with Crippen LogP contribution in [0.3, 0.4) is 0 Å². The van der Waals surface area contributed by atoms with Crippen molar-refractivity contribution in [2.75, 3.05) is 20.3 Å². The van der Waals surface area contributed by atoms with E-state index < -0.39 is 7.60 Å². The lowest BCUT2D eigenvalue weighted by Crippen LogP contribution is -2.04. The van der Waals surface area contributed by atoms with E-state index >= 15 is 0 Å². The van der Waals surface area contributed by atoms with E-state index in [1.54, 1.807) is 21.0 Å². The van der Waals surface area contributed by atoms with Gasteiger partial charge in [0.15, 0.2) is 0 Å². The number of hydrogen-bond acceptors (Lipinski definition) is 3. The zero-order chi connectivity index (χ0) is 9.61. The van der Waals surface area contributed by atoms with Crippen molar-refractivity contribution in [3.8, 4) is 0 Å². The number of rotatable bonds is 6. The van der Waals surface area contributed by atoms with E-state index in [2.05, 4.69) is 0 Å². The Morgan fingerprint density at radius 1 is 1.42 bits per heavy atom. The molecule has 1 N–H and O–H groups in total. The van der Waals surface area contributed by atoms with Crippen molar-refractivity contribution in [1.29, 1.82) is 0 Å². The SMILES string of the molecule is COCCCOP(=O)(O)C(C)C. The van der Waals surface area contributed by atoms with E-state index in [4.69, 9.17) is 9.26 Å². The lowest BCUT2D eigenvalue weighted by Gasteiger charge is -2.14. The number of ether oxygens (including phenoxy) is 1. The quantitative estimate of drug-likeness (QED) is 0.518. The molecule has 0 aromatic carbocycles. The van der Waals surface area contributed by atoms with Gasteiger partial charge in [0, 0.05) is 13.7 Å². The molecule has 1 unspecified atom stereocenters. The number of hydrogen-bond donors (Lipinski definition) is 1. The summed E-state index contributed by atoms with van der Waals surface area (Å²) in [4.78, 5) is 9.18. The van der Waals surface area contributed by atoms with Gasteiger partial charge in [0.2, 0.25) is 0 Å². The predicted octanol–water partition coefficient (Wildman–Crippen LogP) is 1.63. The molecule has 12 heavy (non-hydrogen) atoms. The minimum atomic E-state index is -3.36. The third kappa shape index (κ3) is 4.88. The molecule has 0 amide bonds. The van der Waals surface area contributed by atoms with Crippen LogP contribution < -0.4 is 0 Å². The zero-order valence-electron chi connectivity index (χ0n) is 7.82. The van der Waals surface area contributed by atoms with Crippen LogP contribution in [0.15, 0.2) is 0 Å². The molecule has 1 atom stereocenters. The standard InChI is InChI=1S/C7H17O4P/c1-7(2)12(8,9)11-6-4-5-10-3/h7H,4-6H2,1-3H3,(H,8,9). The molecule has 4 nitrogen and oxygen atoms in total. The van der Waals surface area contributed by atoms with E-state index in [0.29, 0.717) is 13.0 Å². The lowest BCUT2D eigenvalue weighted by atomic mass is 10.5. The van der Waals surface area contributed by atoms with Crippen LogP contribution in [0.25, 0.3) is 0 Å². The highest BCUT2D eigenvalue weighted by Gasteiger charge is 2.23. The van der Waals surface area contributed by atoms with Crippen LogP contribution in [0, 0.1) is 0 Å². The van der Waals surface area contributed by atoms with Crippen LogP contribution in [0.5, 0.6) is 0 Å². The first-order chi connectivity index (χ1) is 5.50. The Bertz CT molecular complexity index is 157. The Kier molecular flexibility index (Phi) is 5.76. The molecule has 0 radical (unpaired) electrons. The summed E-state index contributed by atoms with van der Waals surface area (Å²) in [6.07, 6.45) is 0.647. The topological polar surface area (TPSA) is 55.8 Å². The molecule has 0 fully saturated rings. The second-order valence-corrected chi connectivity index (χ2v) is 5.26. The average Bonchev–Trinajstić information content (AvgIpc) is 1.98. The van der Waals surface area contributed by atoms with Gasteiger partial charge in [-0.25, -0.2) is 0 Å². The summed E-state index contributed by atoms with van der Waals surface area (Å²) >= 11 is 0. The Hall–Kier alpha value is 0.110. The van der Waals surface area contributed by atoms with Crippen LogP contribution in [0.2, 0.25) is 0 Å². The van der Waals surface area contributed by atoms with Crippen molar-refractivity contribution in [1.82, 2.24) is 0 Å². The minimum Gasteiger partial charge on any atom is -0.385 e. The third-order valence-electron chi connectivity index (χ3n) is 1.42. The zero-order valence-corrected chi connectivity index (χ0v) is 8.71. The van der Waals surface area contributed by atoms with Gasteiger partial charge < -0.3 is 14.2 Å². The van der Waals surface area contributed by atoms with Gasteiger partial charge in [0.25, 0.3) is 0 Å². The second kappa shape index (κ2) is 5.70. The molecular weight excluding hydrogens is 179 g/mol. The first-order valence-corrected chi connectivity index (χ1v) is 5.61. The van der Waals surface area contributed by atoms with E-state index in [9.17, 15) is 9.46 Å². The number of methoxy groups -OCH3 is 1. The molecule has 0 rings (SSSR count). The Morgan fingerprint density at radius 2 is 2.00 bits per heavy atom. The predicted molar refractivity (Wildman–Crippen MR) is 47.4 cm³/mol. The smallest absolute Gasteiger partial charge is 0.330 e. The van der Waals surface area contributed by atoms with E-state index in [0.717, 1.165) is 0 Å². The molecule has 0 aromatic rings. The highest BCUT2D eigenvalue weighted by molar-refractivity contribution is 7.53. The third-order valence-corrected chi connectivity index (χ3v) is 3.28. The minimum absolute atomic E-state index is 0.278. The molecule has 0 aliphatic heterocycles. The monoisotopic (exact) mass is 196 g/mol. The van der Waals surface area contributed by atoms with Gasteiger partial charge in [0.05, 0.1) is 12.3 Å². The second-order valence-electron chi connectivity index (χ2n) is 2.84. The molecule has 0 saturated heterocycles. The van der Waals surface area contributed by atoms with Crippen molar-refractivity contribution in [3.05, 3.63) is 0 Å². The molecule has 0 aliphatic rings. The normalized spacial score (nSPS) is 16.4. The Labute approximate surface area is 73.4 Å². The maximum Gasteiger partial charge on any atom is 0.330 e. The Morgan fingerprint density at radius 3 is 2.42 bits per heavy atom. The van der Waals surface area contributed by atoms with E-state index in [-0.39, 0.29) is 12.3 Å². The van der Waals surface area contributed by atoms with Gasteiger partial charge in [0.1, 0.15) is 0 Å². The molecule has 0 aliphatic carbocycles. The maximum atomic E-state index is 11.2. The molecule has 74 valence electrons. The summed E-state index contributed by atoms with van der Waals surface area (Å²) in [6, 6.07) is 0. The van der Waals surface area contributed by atoms with Gasteiger partial charge >= 0.3 is 7.60 Å². The summed E-state index contributed by atoms with van der Waals surface area (Å²) < 4.78 is 20.8. The highest BCUT2D eigenvalue weighted by Crippen LogP contribution is 2.46. The Balaban J connectivity index is 3.55. The van der Waals surface area contributed by atoms with Crippen molar-refractivity contribution >= 4 is 7.60 Å². The van der Waals surface area contributed by atoms with Crippen LogP contribution in [0.4, 0.5) is 0 Å². The van der Waals surface area contributed by atoms with Crippen molar-refractivity contribution in [2.24, 2.45) is 0 Å². The highest BCUT2D eigenvalue weighted by atomic mass is 31.2. The first-order valence-electron chi connectivity index (χ1n) is 3.96. The molecule has 0 saturated carbocycles. The maximum absolute atomic E-state index is 11.2. The molecule has 5 heteroatoms. The molecule has 0 aromatic heterocycles. The molecular formula is C7H17O4P. The van der Waals surface area contributed by atoms with Crippen molar-refractivity contribution in [3.63, 3.8) is 0 Å². The summed E-state index contributed by atoms with van der Waals surface area (Å²) in [7, 11) is -1.78. The molecule has 0 bridgehead atoms. The van der Waals surface area contributed by atoms with Crippen molar-refractivity contribution < 1.29 is 18.7 Å². The van der Waals surface area contributed by atoms with E-state index in [1.165, 1.54) is 0 Å². The van der Waals surface area contributed by atoms with Gasteiger partial charge in [-0.15, -0.1) is 0 Å². The summed E-state index contributed by atoms with van der Waals surface area (Å²) in [5.41, 5.74) is -0.333. The summed E-state index contributed by atoms with van der Waals surface area (Å²) in [5, 5.41) is 0. The van der Waals surface area contributed by atoms with Crippen LogP contribution in [0.1, 0.15) is 20.3 Å². The van der Waals surface area contributed by atoms with Gasteiger partial charge in [-0.2, -0.15) is 0 Å². The van der Waals surface area contributed by atoms with Crippen LogP contribution in [-0.4, -0.2) is 30.9 Å². The summed E-state index contributed by atoms with van der Waals surface area (Å²) in [5.74, 6) is 0.